The van der Waals surface area contributed by atoms with E-state index in [0.29, 0.717) is 0 Å². The summed E-state index contributed by atoms with van der Waals surface area (Å²) < 4.78 is 0. The van der Waals surface area contributed by atoms with Crippen LogP contribution in [0.4, 0.5) is 0 Å². The number of allylic oxidation sites excluding steroid dienone is 2. The van der Waals surface area contributed by atoms with Gasteiger partial charge in [-0.2, -0.15) is 0 Å². The number of thioether (sulfide) groups is 1. The monoisotopic (exact) mass is 158 g/mol. The summed E-state index contributed by atoms with van der Waals surface area (Å²) in [5, 5.41) is 1.86. The molecule has 0 spiro atoms. The first-order chi connectivity index (χ1) is 4.85. The highest BCUT2D eigenvalue weighted by Gasteiger charge is 1.85. The summed E-state index contributed by atoms with van der Waals surface area (Å²) >= 11 is 1.70. The molecule has 0 nitrogen and oxygen atoms in total. The van der Waals surface area contributed by atoms with Gasteiger partial charge in [0, 0.05) is 0 Å². The maximum atomic E-state index is 3.62. The Morgan fingerprint density at radius 1 is 1.50 bits per heavy atom. The molecule has 60 valence electrons. The third-order valence-corrected chi connectivity index (χ3v) is 1.90. The van der Waals surface area contributed by atoms with Crippen molar-refractivity contribution in [1.29, 1.82) is 0 Å². The van der Waals surface area contributed by atoms with Gasteiger partial charge in [-0.25, -0.2) is 0 Å². The lowest BCUT2D eigenvalue weighted by Gasteiger charge is -1.94. The average Bonchev–Trinajstić information content (AvgIpc) is 2.04. The van der Waals surface area contributed by atoms with Gasteiger partial charge >= 0.3 is 0 Å². The Labute approximate surface area is 69.4 Å². The number of hydrogen-bond donors (Lipinski definition) is 0. The predicted molar refractivity (Wildman–Crippen MR) is 53.2 cm³/mol. The molecule has 0 aliphatic heterocycles. The van der Waals surface area contributed by atoms with E-state index in [9.17, 15) is 0 Å². The Hall–Kier alpha value is -0.170. The molecule has 0 aromatic carbocycles. The average molecular weight is 158 g/mol. The molecule has 0 rings (SSSR count). The van der Waals surface area contributed by atoms with Crippen molar-refractivity contribution >= 4 is 11.8 Å². The van der Waals surface area contributed by atoms with Crippen LogP contribution >= 0.6 is 11.8 Å². The van der Waals surface area contributed by atoms with E-state index in [1.54, 1.807) is 11.8 Å². The van der Waals surface area contributed by atoms with E-state index < -0.39 is 0 Å². The first-order valence-electron chi connectivity index (χ1n) is 3.77. The molecule has 0 heterocycles. The molecule has 0 amide bonds. The van der Waals surface area contributed by atoms with E-state index in [-0.39, 0.29) is 0 Å². The molecular formula is C9H18S. The van der Waals surface area contributed by atoms with Crippen LogP contribution in [0.15, 0.2) is 23.0 Å². The fourth-order valence-electron chi connectivity index (χ4n) is 0.463. The molecule has 0 aromatic rings. The molecule has 0 aromatic heterocycles. The van der Waals surface area contributed by atoms with Gasteiger partial charge in [0.25, 0.3) is 0 Å². The molecule has 0 atom stereocenters. The second-order valence-electron chi connectivity index (χ2n) is 1.39. The van der Waals surface area contributed by atoms with Gasteiger partial charge in [-0.3, -0.25) is 0 Å². The standard InChI is InChI=1S/C7H12S.C2H6/c1-4-7(5-2)8-6-3;1-2/h4,6H,3,5H2,1-2H3;1-2H3/b7-4-;. The van der Waals surface area contributed by atoms with Crippen LogP contribution < -0.4 is 0 Å². The quantitative estimate of drug-likeness (QED) is 0.593. The lowest BCUT2D eigenvalue weighted by molar-refractivity contribution is 1.19. The molecule has 0 aliphatic carbocycles. The summed E-state index contributed by atoms with van der Waals surface area (Å²) in [5.74, 6) is 0. The molecule has 0 bridgehead atoms. The topological polar surface area (TPSA) is 0 Å². The molecule has 1 heteroatoms. The SMILES string of the molecule is C=CS/C(=C\C)CC.CC. The lowest BCUT2D eigenvalue weighted by Crippen LogP contribution is -1.65. The summed E-state index contributed by atoms with van der Waals surface area (Å²) in [7, 11) is 0. The van der Waals surface area contributed by atoms with Gasteiger partial charge in [-0.15, -0.1) is 11.8 Å². The van der Waals surface area contributed by atoms with Gasteiger partial charge < -0.3 is 0 Å². The fraction of sp³-hybridized carbons (Fsp3) is 0.556. The molecule has 10 heavy (non-hydrogen) atoms. The first-order valence-corrected chi connectivity index (χ1v) is 4.65. The third kappa shape index (κ3) is 7.83. The molecule has 0 fully saturated rings. The minimum absolute atomic E-state index is 1.12. The van der Waals surface area contributed by atoms with Crippen molar-refractivity contribution < 1.29 is 0 Å². The molecule has 0 saturated carbocycles. The van der Waals surface area contributed by atoms with Crippen LogP contribution in [0.25, 0.3) is 0 Å². The van der Waals surface area contributed by atoms with Crippen molar-refractivity contribution in [3.05, 3.63) is 23.0 Å². The van der Waals surface area contributed by atoms with E-state index in [2.05, 4.69) is 26.5 Å². The normalized spacial score (nSPS) is 9.80. The highest BCUT2D eigenvalue weighted by Crippen LogP contribution is 2.18. The van der Waals surface area contributed by atoms with Crippen LogP contribution in [0.5, 0.6) is 0 Å². The third-order valence-electron chi connectivity index (χ3n) is 0.905. The van der Waals surface area contributed by atoms with Crippen LogP contribution in [0, 0.1) is 0 Å². The zero-order valence-corrected chi connectivity index (χ0v) is 8.29. The zero-order valence-electron chi connectivity index (χ0n) is 7.48. The van der Waals surface area contributed by atoms with Gasteiger partial charge in [0.05, 0.1) is 0 Å². The van der Waals surface area contributed by atoms with Crippen LogP contribution in [-0.4, -0.2) is 0 Å². The smallest absolute Gasteiger partial charge is 0.0154 e. The van der Waals surface area contributed by atoms with E-state index in [4.69, 9.17) is 0 Å². The van der Waals surface area contributed by atoms with Crippen LogP contribution in [0.2, 0.25) is 0 Å². The van der Waals surface area contributed by atoms with Crippen molar-refractivity contribution in [3.8, 4) is 0 Å². The van der Waals surface area contributed by atoms with E-state index >= 15 is 0 Å². The maximum absolute atomic E-state index is 3.62. The Kier molecular flexibility index (Phi) is 14.5. The summed E-state index contributed by atoms with van der Waals surface area (Å²) in [6.07, 6.45) is 3.24. The Morgan fingerprint density at radius 2 is 2.00 bits per heavy atom. The second-order valence-corrected chi connectivity index (χ2v) is 2.49. The van der Waals surface area contributed by atoms with Gasteiger partial charge in [0.1, 0.15) is 0 Å². The number of rotatable bonds is 3. The molecule has 0 radical (unpaired) electrons. The van der Waals surface area contributed by atoms with Gasteiger partial charge in [-0.1, -0.05) is 33.4 Å². The predicted octanol–water partition coefficient (Wildman–Crippen LogP) is 4.20. The Morgan fingerprint density at radius 3 is 2.10 bits per heavy atom. The summed E-state index contributed by atoms with van der Waals surface area (Å²) in [6.45, 7) is 11.8. The molecule has 0 aliphatic rings. The first kappa shape index (κ1) is 12.5. The number of hydrogen-bond acceptors (Lipinski definition) is 1. The molecule has 0 saturated heterocycles. The Bertz CT molecular complexity index is 92.9. The lowest BCUT2D eigenvalue weighted by atomic mass is 10.4. The summed E-state index contributed by atoms with van der Waals surface area (Å²) in [5.41, 5.74) is 0. The van der Waals surface area contributed by atoms with Gasteiger partial charge in [0.15, 0.2) is 0 Å². The largest absolute Gasteiger partial charge is 0.104 e. The van der Waals surface area contributed by atoms with Crippen molar-refractivity contribution in [3.63, 3.8) is 0 Å². The van der Waals surface area contributed by atoms with E-state index in [1.165, 1.54) is 4.91 Å². The van der Waals surface area contributed by atoms with Gasteiger partial charge in [0.2, 0.25) is 0 Å². The van der Waals surface area contributed by atoms with E-state index in [1.807, 2.05) is 19.3 Å². The van der Waals surface area contributed by atoms with Crippen molar-refractivity contribution in [2.75, 3.05) is 0 Å². The fourth-order valence-corrected chi connectivity index (χ4v) is 0.979. The van der Waals surface area contributed by atoms with E-state index in [0.717, 1.165) is 6.42 Å². The highest BCUT2D eigenvalue weighted by atomic mass is 32.2. The van der Waals surface area contributed by atoms with Crippen molar-refractivity contribution in [2.24, 2.45) is 0 Å². The van der Waals surface area contributed by atoms with Crippen LogP contribution in [0.3, 0.4) is 0 Å². The highest BCUT2D eigenvalue weighted by molar-refractivity contribution is 8.05. The minimum Gasteiger partial charge on any atom is -0.104 e. The zero-order chi connectivity index (χ0) is 8.41. The van der Waals surface area contributed by atoms with Gasteiger partial charge in [-0.05, 0) is 23.7 Å². The maximum Gasteiger partial charge on any atom is -0.0154 e. The van der Waals surface area contributed by atoms with Crippen molar-refractivity contribution in [2.45, 2.75) is 34.1 Å². The molecular weight excluding hydrogens is 140 g/mol. The van der Waals surface area contributed by atoms with Crippen LogP contribution in [-0.2, 0) is 0 Å². The second kappa shape index (κ2) is 11.6. The summed E-state index contributed by atoms with van der Waals surface area (Å²) in [6, 6.07) is 0. The molecule has 0 unspecified atom stereocenters. The minimum atomic E-state index is 1.12. The Balaban J connectivity index is 0. The van der Waals surface area contributed by atoms with Crippen molar-refractivity contribution in [1.82, 2.24) is 0 Å². The van der Waals surface area contributed by atoms with Crippen LogP contribution in [0.1, 0.15) is 34.1 Å². The molecule has 0 N–H and O–H groups in total. The summed E-state index contributed by atoms with van der Waals surface area (Å²) in [4.78, 5) is 1.39.